The maximum atomic E-state index is 4.82. The van der Waals surface area contributed by atoms with E-state index in [0.717, 1.165) is 42.5 Å². The van der Waals surface area contributed by atoms with E-state index in [2.05, 4.69) is 54.4 Å². The molecule has 1 aliphatic rings. The molecule has 4 nitrogen and oxygen atoms in total. The van der Waals surface area contributed by atoms with Crippen molar-refractivity contribution in [3.05, 3.63) is 36.4 Å². The van der Waals surface area contributed by atoms with Crippen LogP contribution in [0.15, 0.2) is 36.4 Å². The van der Waals surface area contributed by atoms with Gasteiger partial charge in [-0.3, -0.25) is 0 Å². The molecule has 2 aromatic rings. The molecule has 0 saturated carbocycles. The normalized spacial score (nSPS) is 17.8. The van der Waals surface area contributed by atoms with Crippen molar-refractivity contribution in [1.29, 1.82) is 0 Å². The van der Waals surface area contributed by atoms with E-state index in [-0.39, 0.29) is 0 Å². The van der Waals surface area contributed by atoms with Crippen molar-refractivity contribution in [2.75, 3.05) is 23.3 Å². The Hall–Kier alpha value is -2.10. The van der Waals surface area contributed by atoms with Crippen LogP contribution >= 0.6 is 0 Å². The molecule has 1 N–H and O–H groups in total. The van der Waals surface area contributed by atoms with Crippen LogP contribution in [0.3, 0.4) is 0 Å². The van der Waals surface area contributed by atoms with Gasteiger partial charge in [0.15, 0.2) is 0 Å². The van der Waals surface area contributed by atoms with Gasteiger partial charge in [0.25, 0.3) is 0 Å². The first-order valence-corrected chi connectivity index (χ1v) is 9.26. The first-order valence-electron chi connectivity index (χ1n) is 9.26. The second-order valence-electron chi connectivity index (χ2n) is 6.48. The number of nitrogens with one attached hydrogen (secondary N) is 1. The van der Waals surface area contributed by atoms with Crippen LogP contribution in [0.5, 0.6) is 0 Å². The van der Waals surface area contributed by atoms with E-state index in [4.69, 9.17) is 9.97 Å². The predicted molar refractivity (Wildman–Crippen MR) is 102 cm³/mol. The summed E-state index contributed by atoms with van der Waals surface area (Å²) < 4.78 is 0. The van der Waals surface area contributed by atoms with Gasteiger partial charge in [-0.2, -0.15) is 4.98 Å². The van der Waals surface area contributed by atoms with Crippen molar-refractivity contribution in [3.63, 3.8) is 0 Å². The number of hydrogen-bond acceptors (Lipinski definition) is 4. The lowest BCUT2D eigenvalue weighted by molar-refractivity contribution is 0.447. The summed E-state index contributed by atoms with van der Waals surface area (Å²) in [6.07, 6.45) is 6.07. The molecule has 1 unspecified atom stereocenters. The van der Waals surface area contributed by atoms with Crippen molar-refractivity contribution < 1.29 is 0 Å². The van der Waals surface area contributed by atoms with Gasteiger partial charge in [0.2, 0.25) is 5.95 Å². The molecule has 0 amide bonds. The summed E-state index contributed by atoms with van der Waals surface area (Å²) in [5.41, 5.74) is 2.14. The summed E-state index contributed by atoms with van der Waals surface area (Å²) >= 11 is 0. The summed E-state index contributed by atoms with van der Waals surface area (Å²) in [5.74, 6) is 1.81. The molecule has 0 bridgehead atoms. The number of hydrogen-bond donors (Lipinski definition) is 1. The van der Waals surface area contributed by atoms with Gasteiger partial charge in [0.05, 0.1) is 5.69 Å². The van der Waals surface area contributed by atoms with Gasteiger partial charge in [0.1, 0.15) is 5.82 Å². The molecule has 0 radical (unpaired) electrons. The zero-order chi connectivity index (χ0) is 16.8. The molecule has 0 spiro atoms. The van der Waals surface area contributed by atoms with E-state index in [1.807, 2.05) is 6.07 Å². The molecule has 3 rings (SSSR count). The number of anilines is 2. The molecule has 2 heterocycles. The van der Waals surface area contributed by atoms with Crippen LogP contribution in [0.2, 0.25) is 0 Å². The molecule has 128 valence electrons. The first-order chi connectivity index (χ1) is 11.8. The molecule has 0 aliphatic carbocycles. The third kappa shape index (κ3) is 3.86. The van der Waals surface area contributed by atoms with Gasteiger partial charge >= 0.3 is 0 Å². The SMILES string of the molecule is CCCNc1nc(-c2ccccc2)cc(N2CCCCC2CC)n1. The summed E-state index contributed by atoms with van der Waals surface area (Å²) in [7, 11) is 0. The lowest BCUT2D eigenvalue weighted by atomic mass is 10.00. The topological polar surface area (TPSA) is 41.1 Å². The van der Waals surface area contributed by atoms with E-state index in [1.165, 1.54) is 25.7 Å². The van der Waals surface area contributed by atoms with Crippen molar-refractivity contribution in [2.45, 2.75) is 52.0 Å². The van der Waals surface area contributed by atoms with Gasteiger partial charge < -0.3 is 10.2 Å². The summed E-state index contributed by atoms with van der Waals surface area (Å²) in [6.45, 7) is 6.43. The van der Waals surface area contributed by atoms with E-state index in [0.29, 0.717) is 6.04 Å². The summed E-state index contributed by atoms with van der Waals surface area (Å²) in [4.78, 5) is 12.0. The third-order valence-corrected chi connectivity index (χ3v) is 4.71. The number of rotatable bonds is 6. The van der Waals surface area contributed by atoms with Crippen LogP contribution in [0, 0.1) is 0 Å². The van der Waals surface area contributed by atoms with Gasteiger partial charge in [-0.25, -0.2) is 4.98 Å². The van der Waals surface area contributed by atoms with Crippen LogP contribution in [-0.2, 0) is 0 Å². The lowest BCUT2D eigenvalue weighted by Crippen LogP contribution is -2.39. The number of nitrogens with zero attached hydrogens (tertiary/aromatic N) is 3. The fourth-order valence-corrected chi connectivity index (χ4v) is 3.38. The maximum absolute atomic E-state index is 4.82. The Balaban J connectivity index is 1.97. The summed E-state index contributed by atoms with van der Waals surface area (Å²) in [6, 6.07) is 13.1. The molecule has 1 aliphatic heterocycles. The maximum Gasteiger partial charge on any atom is 0.225 e. The standard InChI is InChI=1S/C20H28N4/c1-3-13-21-20-22-18(16-10-6-5-7-11-16)15-19(23-20)24-14-9-8-12-17(24)4-2/h5-7,10-11,15,17H,3-4,8-9,12-14H2,1-2H3,(H,21,22,23). The molecule has 1 aromatic carbocycles. The fourth-order valence-electron chi connectivity index (χ4n) is 3.38. The van der Waals surface area contributed by atoms with Crippen LogP contribution in [-0.4, -0.2) is 29.1 Å². The Morgan fingerprint density at radius 1 is 1.12 bits per heavy atom. The number of piperidine rings is 1. The molecule has 1 saturated heterocycles. The van der Waals surface area contributed by atoms with Crippen molar-refractivity contribution in [2.24, 2.45) is 0 Å². The van der Waals surface area contributed by atoms with Gasteiger partial charge in [-0.05, 0) is 32.1 Å². The highest BCUT2D eigenvalue weighted by atomic mass is 15.2. The van der Waals surface area contributed by atoms with E-state index >= 15 is 0 Å². The smallest absolute Gasteiger partial charge is 0.225 e. The molecular weight excluding hydrogens is 296 g/mol. The van der Waals surface area contributed by atoms with E-state index in [9.17, 15) is 0 Å². The molecule has 1 fully saturated rings. The highest BCUT2D eigenvalue weighted by Gasteiger charge is 2.23. The van der Waals surface area contributed by atoms with Crippen LogP contribution < -0.4 is 10.2 Å². The second kappa shape index (κ2) is 8.13. The monoisotopic (exact) mass is 324 g/mol. The average Bonchev–Trinajstić information content (AvgIpc) is 2.66. The Morgan fingerprint density at radius 2 is 1.96 bits per heavy atom. The average molecular weight is 324 g/mol. The second-order valence-corrected chi connectivity index (χ2v) is 6.48. The number of aromatic nitrogens is 2. The molecule has 4 heteroatoms. The van der Waals surface area contributed by atoms with Crippen molar-refractivity contribution >= 4 is 11.8 Å². The van der Waals surface area contributed by atoms with E-state index in [1.54, 1.807) is 0 Å². The predicted octanol–water partition coefficient (Wildman–Crippen LogP) is 4.73. The Kier molecular flexibility index (Phi) is 5.68. The van der Waals surface area contributed by atoms with Crippen LogP contribution in [0.4, 0.5) is 11.8 Å². The highest BCUT2D eigenvalue weighted by molar-refractivity contribution is 5.65. The highest BCUT2D eigenvalue weighted by Crippen LogP contribution is 2.29. The van der Waals surface area contributed by atoms with E-state index < -0.39 is 0 Å². The van der Waals surface area contributed by atoms with Crippen LogP contribution in [0.1, 0.15) is 46.0 Å². The fraction of sp³-hybridized carbons (Fsp3) is 0.500. The van der Waals surface area contributed by atoms with Crippen molar-refractivity contribution in [1.82, 2.24) is 9.97 Å². The minimum absolute atomic E-state index is 0.594. The Morgan fingerprint density at radius 3 is 2.71 bits per heavy atom. The molecule has 1 aromatic heterocycles. The van der Waals surface area contributed by atoms with Gasteiger partial charge in [-0.15, -0.1) is 0 Å². The minimum Gasteiger partial charge on any atom is -0.354 e. The van der Waals surface area contributed by atoms with Crippen LogP contribution in [0.25, 0.3) is 11.3 Å². The third-order valence-electron chi connectivity index (χ3n) is 4.71. The zero-order valence-corrected chi connectivity index (χ0v) is 14.8. The molecule has 24 heavy (non-hydrogen) atoms. The largest absolute Gasteiger partial charge is 0.354 e. The van der Waals surface area contributed by atoms with Gasteiger partial charge in [0, 0.05) is 30.8 Å². The van der Waals surface area contributed by atoms with Gasteiger partial charge in [-0.1, -0.05) is 44.2 Å². The first kappa shape index (κ1) is 16.7. The molecular formula is C20H28N4. The van der Waals surface area contributed by atoms with Crippen molar-refractivity contribution in [3.8, 4) is 11.3 Å². The zero-order valence-electron chi connectivity index (χ0n) is 14.8. The quantitative estimate of drug-likeness (QED) is 0.833. The number of benzene rings is 1. The summed E-state index contributed by atoms with van der Waals surface area (Å²) in [5, 5.41) is 3.37. The Labute approximate surface area is 145 Å². The Bertz CT molecular complexity index is 641. The minimum atomic E-state index is 0.594. The molecule has 1 atom stereocenters. The lowest BCUT2D eigenvalue weighted by Gasteiger charge is -2.36.